The van der Waals surface area contributed by atoms with Gasteiger partial charge in [-0.05, 0) is 60.2 Å². The van der Waals surface area contributed by atoms with Gasteiger partial charge in [0.15, 0.2) is 0 Å². The predicted octanol–water partition coefficient (Wildman–Crippen LogP) is 3.58. The highest BCUT2D eigenvalue weighted by atomic mass is 32.1. The average molecular weight is 300 g/mol. The highest BCUT2D eigenvalue weighted by Gasteiger charge is 2.23. The lowest BCUT2D eigenvalue weighted by molar-refractivity contribution is -0.121. The Morgan fingerprint density at radius 2 is 2.29 bits per heavy atom. The maximum atomic E-state index is 11.9. The molecule has 1 fully saturated rings. The number of pyridine rings is 1. The Bertz CT molecular complexity index is 631. The van der Waals surface area contributed by atoms with Crippen molar-refractivity contribution in [2.75, 3.05) is 0 Å². The van der Waals surface area contributed by atoms with Gasteiger partial charge in [0, 0.05) is 30.2 Å². The van der Waals surface area contributed by atoms with Crippen LogP contribution in [0.3, 0.4) is 0 Å². The predicted molar refractivity (Wildman–Crippen MR) is 85.4 cm³/mol. The number of nitrogens with one attached hydrogen (secondary N) is 1. The molecular weight excluding hydrogens is 280 g/mol. The van der Waals surface area contributed by atoms with Crippen LogP contribution in [0, 0.1) is 6.92 Å². The van der Waals surface area contributed by atoms with Crippen molar-refractivity contribution >= 4 is 17.2 Å². The maximum absolute atomic E-state index is 11.9. The van der Waals surface area contributed by atoms with Crippen molar-refractivity contribution in [3.8, 4) is 0 Å². The van der Waals surface area contributed by atoms with E-state index in [4.69, 9.17) is 0 Å². The number of amides is 1. The standard InChI is InChI=1S/C17H20N2OS/c1-12-6-7-21-16(12)4-5-17(20)19-10-13-8-15(11-18-9-13)14-2-3-14/h6-9,11,14H,2-5,10H2,1H3,(H,19,20). The number of aryl methyl sites for hydroxylation is 2. The SMILES string of the molecule is Cc1ccsc1CCC(=O)NCc1cncc(C2CC2)c1. The molecule has 1 N–H and O–H groups in total. The molecule has 0 saturated heterocycles. The summed E-state index contributed by atoms with van der Waals surface area (Å²) in [5.41, 5.74) is 3.70. The summed E-state index contributed by atoms with van der Waals surface area (Å²) < 4.78 is 0. The van der Waals surface area contributed by atoms with Crippen LogP contribution in [0.1, 0.15) is 46.7 Å². The molecule has 0 bridgehead atoms. The number of hydrogen-bond donors (Lipinski definition) is 1. The molecule has 0 spiro atoms. The topological polar surface area (TPSA) is 42.0 Å². The molecule has 2 aromatic rings. The van der Waals surface area contributed by atoms with Crippen LogP contribution in [0.5, 0.6) is 0 Å². The normalized spacial score (nSPS) is 14.1. The van der Waals surface area contributed by atoms with E-state index in [1.54, 1.807) is 11.3 Å². The van der Waals surface area contributed by atoms with E-state index in [0.717, 1.165) is 12.0 Å². The quantitative estimate of drug-likeness (QED) is 0.886. The average Bonchev–Trinajstić information content (AvgIpc) is 3.27. The zero-order valence-electron chi connectivity index (χ0n) is 12.3. The number of aromatic nitrogens is 1. The molecule has 0 radical (unpaired) electrons. The van der Waals surface area contributed by atoms with Crippen molar-refractivity contribution in [2.45, 2.75) is 45.1 Å². The van der Waals surface area contributed by atoms with Gasteiger partial charge in [-0.3, -0.25) is 9.78 Å². The monoisotopic (exact) mass is 300 g/mol. The molecule has 1 saturated carbocycles. The molecule has 2 heterocycles. The van der Waals surface area contributed by atoms with Gasteiger partial charge < -0.3 is 5.32 Å². The van der Waals surface area contributed by atoms with Crippen LogP contribution in [0.2, 0.25) is 0 Å². The molecule has 0 unspecified atom stereocenters. The van der Waals surface area contributed by atoms with E-state index in [1.807, 2.05) is 12.4 Å². The largest absolute Gasteiger partial charge is 0.352 e. The molecule has 3 nitrogen and oxygen atoms in total. The number of carbonyl (C=O) groups is 1. The zero-order valence-corrected chi connectivity index (χ0v) is 13.1. The Morgan fingerprint density at radius 1 is 1.43 bits per heavy atom. The van der Waals surface area contributed by atoms with Crippen LogP contribution < -0.4 is 5.32 Å². The van der Waals surface area contributed by atoms with Crippen molar-refractivity contribution in [2.24, 2.45) is 0 Å². The molecule has 110 valence electrons. The number of nitrogens with zero attached hydrogens (tertiary/aromatic N) is 1. The Morgan fingerprint density at radius 3 is 3.00 bits per heavy atom. The summed E-state index contributed by atoms with van der Waals surface area (Å²) in [7, 11) is 0. The lowest BCUT2D eigenvalue weighted by Gasteiger charge is -2.06. The van der Waals surface area contributed by atoms with E-state index in [9.17, 15) is 4.79 Å². The highest BCUT2D eigenvalue weighted by molar-refractivity contribution is 7.10. The van der Waals surface area contributed by atoms with Crippen molar-refractivity contribution in [3.63, 3.8) is 0 Å². The summed E-state index contributed by atoms with van der Waals surface area (Å²) in [6.45, 7) is 2.68. The van der Waals surface area contributed by atoms with Crippen molar-refractivity contribution in [3.05, 3.63) is 51.5 Å². The molecule has 4 heteroatoms. The number of hydrogen-bond acceptors (Lipinski definition) is 3. The minimum atomic E-state index is 0.111. The highest BCUT2D eigenvalue weighted by Crippen LogP contribution is 2.39. The summed E-state index contributed by atoms with van der Waals surface area (Å²) in [6.07, 6.45) is 7.72. The molecule has 1 amide bonds. The molecule has 0 atom stereocenters. The third kappa shape index (κ3) is 3.91. The second-order valence-corrected chi connectivity index (χ2v) is 6.70. The van der Waals surface area contributed by atoms with Gasteiger partial charge in [-0.2, -0.15) is 0 Å². The smallest absolute Gasteiger partial charge is 0.220 e. The van der Waals surface area contributed by atoms with Gasteiger partial charge in [0.05, 0.1) is 0 Å². The molecule has 3 rings (SSSR count). The third-order valence-electron chi connectivity index (χ3n) is 3.90. The van der Waals surface area contributed by atoms with E-state index in [0.29, 0.717) is 18.9 Å². The summed E-state index contributed by atoms with van der Waals surface area (Å²) in [6, 6.07) is 4.28. The lowest BCUT2D eigenvalue weighted by Crippen LogP contribution is -2.23. The molecular formula is C17H20N2OS. The van der Waals surface area contributed by atoms with E-state index < -0.39 is 0 Å². The van der Waals surface area contributed by atoms with Crippen LogP contribution in [-0.4, -0.2) is 10.9 Å². The van der Waals surface area contributed by atoms with Crippen LogP contribution in [-0.2, 0) is 17.8 Å². The Hall–Kier alpha value is -1.68. The fourth-order valence-corrected chi connectivity index (χ4v) is 3.33. The molecule has 1 aliphatic rings. The minimum Gasteiger partial charge on any atom is -0.352 e. The van der Waals surface area contributed by atoms with Crippen molar-refractivity contribution in [1.82, 2.24) is 10.3 Å². The van der Waals surface area contributed by atoms with Gasteiger partial charge >= 0.3 is 0 Å². The van der Waals surface area contributed by atoms with E-state index in [-0.39, 0.29) is 5.91 Å². The van der Waals surface area contributed by atoms with Gasteiger partial charge in [-0.1, -0.05) is 6.07 Å². The van der Waals surface area contributed by atoms with Gasteiger partial charge in [-0.25, -0.2) is 0 Å². The second kappa shape index (κ2) is 6.39. The maximum Gasteiger partial charge on any atom is 0.220 e. The molecule has 2 aromatic heterocycles. The van der Waals surface area contributed by atoms with E-state index in [2.05, 4.69) is 34.7 Å². The van der Waals surface area contributed by atoms with Crippen LogP contribution in [0.25, 0.3) is 0 Å². The Balaban J connectivity index is 1.47. The van der Waals surface area contributed by atoms with Gasteiger partial charge in [0.2, 0.25) is 5.91 Å². The number of rotatable bonds is 6. The van der Waals surface area contributed by atoms with Crippen LogP contribution >= 0.6 is 11.3 Å². The number of thiophene rings is 1. The first-order valence-electron chi connectivity index (χ1n) is 7.46. The molecule has 1 aliphatic carbocycles. The van der Waals surface area contributed by atoms with Crippen LogP contribution in [0.15, 0.2) is 29.9 Å². The summed E-state index contributed by atoms with van der Waals surface area (Å²) in [5, 5.41) is 5.07. The van der Waals surface area contributed by atoms with Gasteiger partial charge in [-0.15, -0.1) is 11.3 Å². The molecule has 0 aromatic carbocycles. The minimum absolute atomic E-state index is 0.111. The van der Waals surface area contributed by atoms with E-state index in [1.165, 1.54) is 28.8 Å². The fourth-order valence-electron chi connectivity index (χ4n) is 2.42. The van der Waals surface area contributed by atoms with Crippen molar-refractivity contribution < 1.29 is 4.79 Å². The number of carbonyl (C=O) groups excluding carboxylic acids is 1. The summed E-state index contributed by atoms with van der Waals surface area (Å²) in [4.78, 5) is 17.5. The Kier molecular flexibility index (Phi) is 4.34. The first kappa shape index (κ1) is 14.3. The Labute approximate surface area is 129 Å². The first-order valence-corrected chi connectivity index (χ1v) is 8.34. The summed E-state index contributed by atoms with van der Waals surface area (Å²) >= 11 is 1.73. The van der Waals surface area contributed by atoms with Gasteiger partial charge in [0.25, 0.3) is 0 Å². The van der Waals surface area contributed by atoms with Crippen molar-refractivity contribution in [1.29, 1.82) is 0 Å². The second-order valence-electron chi connectivity index (χ2n) is 5.70. The van der Waals surface area contributed by atoms with Gasteiger partial charge in [0.1, 0.15) is 0 Å². The third-order valence-corrected chi connectivity index (χ3v) is 4.98. The lowest BCUT2D eigenvalue weighted by atomic mass is 10.1. The van der Waals surface area contributed by atoms with E-state index >= 15 is 0 Å². The zero-order chi connectivity index (χ0) is 14.7. The molecule has 21 heavy (non-hydrogen) atoms. The molecule has 0 aliphatic heterocycles. The first-order chi connectivity index (χ1) is 10.2. The van der Waals surface area contributed by atoms with Crippen LogP contribution in [0.4, 0.5) is 0 Å². The summed E-state index contributed by atoms with van der Waals surface area (Å²) in [5.74, 6) is 0.814. The fraction of sp³-hybridized carbons (Fsp3) is 0.412.